The Morgan fingerprint density at radius 1 is 1.19 bits per heavy atom. The van der Waals surface area contributed by atoms with Gasteiger partial charge in [0.2, 0.25) is 5.91 Å². The summed E-state index contributed by atoms with van der Waals surface area (Å²) in [4.78, 5) is 30.7. The monoisotopic (exact) mass is 428 g/mol. The summed E-state index contributed by atoms with van der Waals surface area (Å²) in [5.74, 6) is -0.269. The Morgan fingerprint density at radius 3 is 2.77 bits per heavy atom. The normalized spacial score (nSPS) is 10.7. The number of rotatable bonds is 5. The first-order chi connectivity index (χ1) is 15.0. The number of carbonyl (C=O) groups is 1. The molecule has 0 aliphatic heterocycles. The van der Waals surface area contributed by atoms with Gasteiger partial charge in [-0.25, -0.2) is 4.98 Å². The third kappa shape index (κ3) is 4.11. The van der Waals surface area contributed by atoms with Gasteiger partial charge in [0.05, 0.1) is 23.0 Å². The van der Waals surface area contributed by atoms with E-state index in [0.29, 0.717) is 21.5 Å². The van der Waals surface area contributed by atoms with Crippen LogP contribution >= 0.6 is 11.3 Å². The quantitative estimate of drug-likeness (QED) is 0.501. The van der Waals surface area contributed by atoms with Crippen molar-refractivity contribution in [3.8, 4) is 17.2 Å². The minimum Gasteiger partial charge on any atom is -0.325 e. The molecule has 0 unspecified atom stereocenters. The van der Waals surface area contributed by atoms with Gasteiger partial charge >= 0.3 is 0 Å². The molecule has 4 rings (SSSR count). The molecule has 4 aromatic rings. The van der Waals surface area contributed by atoms with E-state index in [4.69, 9.17) is 5.26 Å². The van der Waals surface area contributed by atoms with Gasteiger partial charge in [-0.2, -0.15) is 5.26 Å². The summed E-state index contributed by atoms with van der Waals surface area (Å²) >= 11 is 1.44. The van der Waals surface area contributed by atoms with Crippen molar-refractivity contribution in [1.82, 2.24) is 9.55 Å². The first-order valence-corrected chi connectivity index (χ1v) is 10.7. The smallest absolute Gasteiger partial charge is 0.262 e. The van der Waals surface area contributed by atoms with Gasteiger partial charge in [-0.15, -0.1) is 11.3 Å². The highest BCUT2D eigenvalue weighted by Crippen LogP contribution is 2.31. The lowest BCUT2D eigenvalue weighted by Crippen LogP contribution is -2.23. The van der Waals surface area contributed by atoms with E-state index in [1.54, 1.807) is 24.3 Å². The van der Waals surface area contributed by atoms with Gasteiger partial charge in [-0.1, -0.05) is 30.3 Å². The average molecular weight is 429 g/mol. The molecule has 0 fully saturated rings. The molecule has 1 amide bonds. The van der Waals surface area contributed by atoms with Crippen molar-refractivity contribution in [2.45, 2.75) is 26.8 Å². The van der Waals surface area contributed by atoms with Crippen LogP contribution in [-0.4, -0.2) is 15.5 Å². The van der Waals surface area contributed by atoms with Crippen LogP contribution in [0.2, 0.25) is 0 Å². The molecular weight excluding hydrogens is 408 g/mol. The van der Waals surface area contributed by atoms with Crippen LogP contribution in [0.5, 0.6) is 0 Å². The zero-order valence-electron chi connectivity index (χ0n) is 17.2. The van der Waals surface area contributed by atoms with Crippen LogP contribution in [0.1, 0.15) is 23.1 Å². The lowest BCUT2D eigenvalue weighted by atomic mass is 10.0. The molecule has 0 atom stereocenters. The molecule has 154 valence electrons. The van der Waals surface area contributed by atoms with E-state index in [0.717, 1.165) is 16.7 Å². The molecule has 0 bridgehead atoms. The number of benzene rings is 2. The largest absolute Gasteiger partial charge is 0.325 e. The summed E-state index contributed by atoms with van der Waals surface area (Å²) in [6.45, 7) is 4.30. The molecule has 31 heavy (non-hydrogen) atoms. The number of hydrogen-bond donors (Lipinski definition) is 1. The van der Waals surface area contributed by atoms with Crippen LogP contribution < -0.4 is 10.9 Å². The first-order valence-electron chi connectivity index (χ1n) is 9.81. The van der Waals surface area contributed by atoms with Crippen molar-refractivity contribution in [1.29, 1.82) is 5.26 Å². The zero-order chi connectivity index (χ0) is 22.0. The molecule has 2 aromatic heterocycles. The fraction of sp³-hybridized carbons (Fsp3) is 0.167. The summed E-state index contributed by atoms with van der Waals surface area (Å²) in [6, 6.07) is 15.0. The molecule has 2 heterocycles. The molecule has 0 saturated heterocycles. The Labute approximate surface area is 183 Å². The lowest BCUT2D eigenvalue weighted by Gasteiger charge is -2.09. The standard InChI is InChI=1S/C24H20N4O2S/c1-15-7-8-17(11-16(15)2)19-13-31-23-22(19)24(30)28(14-26-23)10-9-21(29)27-20-6-4-3-5-18(20)12-25/h3-8,11,13-14H,9-10H2,1-2H3,(H,27,29). The summed E-state index contributed by atoms with van der Waals surface area (Å²) < 4.78 is 1.47. The van der Waals surface area contributed by atoms with E-state index >= 15 is 0 Å². The molecule has 0 aliphatic carbocycles. The second kappa shape index (κ2) is 8.54. The minimum atomic E-state index is -0.269. The summed E-state index contributed by atoms with van der Waals surface area (Å²) in [7, 11) is 0. The number of nitriles is 1. The predicted molar refractivity (Wildman–Crippen MR) is 123 cm³/mol. The van der Waals surface area contributed by atoms with Gasteiger partial charge < -0.3 is 5.32 Å². The maximum atomic E-state index is 13.2. The van der Waals surface area contributed by atoms with Gasteiger partial charge in [0.1, 0.15) is 10.9 Å². The number of fused-ring (bicyclic) bond motifs is 1. The van der Waals surface area contributed by atoms with Crippen molar-refractivity contribution < 1.29 is 4.79 Å². The molecule has 2 aromatic carbocycles. The lowest BCUT2D eigenvalue weighted by molar-refractivity contribution is -0.116. The molecule has 0 spiro atoms. The Kier molecular flexibility index (Phi) is 5.65. The number of nitrogens with one attached hydrogen (secondary N) is 1. The highest BCUT2D eigenvalue weighted by Gasteiger charge is 2.15. The topological polar surface area (TPSA) is 87.8 Å². The van der Waals surface area contributed by atoms with Crippen LogP contribution in [0.3, 0.4) is 0 Å². The van der Waals surface area contributed by atoms with Crippen LogP contribution in [0, 0.1) is 25.2 Å². The fourth-order valence-corrected chi connectivity index (χ4v) is 4.28. The number of nitrogens with zero attached hydrogens (tertiary/aromatic N) is 3. The Bertz CT molecular complexity index is 1390. The van der Waals surface area contributed by atoms with Gasteiger partial charge in [0.25, 0.3) is 5.56 Å². The first kappa shape index (κ1) is 20.5. The highest BCUT2D eigenvalue weighted by molar-refractivity contribution is 7.17. The molecule has 0 saturated carbocycles. The molecular formula is C24H20N4O2S. The predicted octanol–water partition coefficient (Wildman–Crippen LogP) is 4.64. The highest BCUT2D eigenvalue weighted by atomic mass is 32.1. The van der Waals surface area contributed by atoms with Gasteiger partial charge in [-0.3, -0.25) is 14.2 Å². The van der Waals surface area contributed by atoms with Gasteiger partial charge in [0.15, 0.2) is 0 Å². The summed E-state index contributed by atoms with van der Waals surface area (Å²) in [6.07, 6.45) is 1.58. The number of hydrogen-bond acceptors (Lipinski definition) is 5. The Balaban J connectivity index is 1.58. The van der Waals surface area contributed by atoms with E-state index in [1.165, 1.54) is 27.8 Å². The molecule has 7 heteroatoms. The van der Waals surface area contributed by atoms with Crippen LogP contribution in [0.25, 0.3) is 21.3 Å². The SMILES string of the molecule is Cc1ccc(-c2csc3ncn(CCC(=O)Nc4ccccc4C#N)c(=O)c23)cc1C. The Morgan fingerprint density at radius 2 is 2.00 bits per heavy atom. The van der Waals surface area contributed by atoms with E-state index in [1.807, 2.05) is 24.4 Å². The molecule has 6 nitrogen and oxygen atoms in total. The van der Waals surface area contributed by atoms with Gasteiger partial charge in [0, 0.05) is 23.9 Å². The number of thiophene rings is 1. The van der Waals surface area contributed by atoms with Crippen LogP contribution in [0.15, 0.2) is 59.0 Å². The van der Waals surface area contributed by atoms with Crippen molar-refractivity contribution in [2.24, 2.45) is 0 Å². The van der Waals surface area contributed by atoms with E-state index in [9.17, 15) is 9.59 Å². The van der Waals surface area contributed by atoms with E-state index < -0.39 is 0 Å². The Hall–Kier alpha value is -3.76. The van der Waals surface area contributed by atoms with Crippen LogP contribution in [-0.2, 0) is 11.3 Å². The van der Waals surface area contributed by atoms with E-state index in [2.05, 4.69) is 29.4 Å². The van der Waals surface area contributed by atoms with Crippen molar-refractivity contribution >= 4 is 33.1 Å². The second-order valence-electron chi connectivity index (χ2n) is 7.33. The maximum absolute atomic E-state index is 13.2. The number of aryl methyl sites for hydroxylation is 3. The number of aromatic nitrogens is 2. The number of carbonyl (C=O) groups excluding carboxylic acids is 1. The zero-order valence-corrected chi connectivity index (χ0v) is 18.0. The van der Waals surface area contributed by atoms with Gasteiger partial charge in [-0.05, 0) is 42.7 Å². The van der Waals surface area contributed by atoms with Crippen molar-refractivity contribution in [3.05, 3.63) is 81.2 Å². The fourth-order valence-electron chi connectivity index (χ4n) is 3.37. The average Bonchev–Trinajstić information content (AvgIpc) is 3.20. The number of anilines is 1. The van der Waals surface area contributed by atoms with Crippen molar-refractivity contribution in [2.75, 3.05) is 5.32 Å². The minimum absolute atomic E-state index is 0.0932. The number of amides is 1. The third-order valence-electron chi connectivity index (χ3n) is 5.28. The maximum Gasteiger partial charge on any atom is 0.262 e. The molecule has 0 aliphatic rings. The van der Waals surface area contributed by atoms with Crippen LogP contribution in [0.4, 0.5) is 5.69 Å². The third-order valence-corrected chi connectivity index (χ3v) is 6.17. The van der Waals surface area contributed by atoms with Crippen molar-refractivity contribution in [3.63, 3.8) is 0 Å². The molecule has 1 N–H and O–H groups in total. The summed E-state index contributed by atoms with van der Waals surface area (Å²) in [5.41, 5.74) is 4.90. The van der Waals surface area contributed by atoms with E-state index in [-0.39, 0.29) is 24.4 Å². The second-order valence-corrected chi connectivity index (χ2v) is 8.19. The number of para-hydroxylation sites is 1. The summed E-state index contributed by atoms with van der Waals surface area (Å²) in [5, 5.41) is 14.4. The molecule has 0 radical (unpaired) electrons.